The van der Waals surface area contributed by atoms with Gasteiger partial charge in [0.05, 0.1) is 11.1 Å². The smallest absolute Gasteiger partial charge is 0.410 e. The lowest BCUT2D eigenvalue weighted by molar-refractivity contribution is -0.136. The molecule has 4 heterocycles. The molecule has 214 valence electrons. The summed E-state index contributed by atoms with van der Waals surface area (Å²) in [5.41, 5.74) is 2.42. The van der Waals surface area contributed by atoms with Gasteiger partial charge in [-0.25, -0.2) is 4.79 Å². The maximum atomic E-state index is 13.2. The summed E-state index contributed by atoms with van der Waals surface area (Å²) in [6, 6.07) is 14.4. The van der Waals surface area contributed by atoms with Gasteiger partial charge in [0.15, 0.2) is 0 Å². The molecule has 2 aromatic rings. The summed E-state index contributed by atoms with van der Waals surface area (Å²) in [5, 5.41) is 2.23. The Morgan fingerprint density at radius 1 is 0.829 bits per heavy atom. The monoisotopic (exact) mass is 559 g/mol. The zero-order valence-corrected chi connectivity index (χ0v) is 22.8. The van der Waals surface area contributed by atoms with Gasteiger partial charge in [-0.2, -0.15) is 0 Å². The number of amides is 5. The summed E-state index contributed by atoms with van der Waals surface area (Å²) in [6.07, 6.45) is 1.76. The first-order chi connectivity index (χ1) is 19.9. The fraction of sp³-hybridized carbons (Fsp3) is 0.433. The first-order valence-corrected chi connectivity index (χ1v) is 14.2. The summed E-state index contributed by atoms with van der Waals surface area (Å²) in [6.45, 7) is 4.88. The van der Waals surface area contributed by atoms with E-state index < -0.39 is 29.7 Å². The minimum Gasteiger partial charge on any atom is -0.445 e. The number of likely N-dealkylation sites (tertiary alicyclic amines) is 1. The van der Waals surface area contributed by atoms with Gasteiger partial charge in [0.25, 0.3) is 11.8 Å². The second-order valence-corrected chi connectivity index (χ2v) is 11.0. The topological polar surface area (TPSA) is 120 Å². The molecule has 11 heteroatoms. The Morgan fingerprint density at radius 3 is 2.24 bits per heavy atom. The SMILES string of the molecule is O=C1CCC(N2C(=O)c3ccc(N4CCN(C5CCN(C(=O)OCc6ccccc6)CC5)CC4)cc3C2=O)C(=O)N1. The van der Waals surface area contributed by atoms with Crippen LogP contribution in [0, 0.1) is 0 Å². The average molecular weight is 560 g/mol. The van der Waals surface area contributed by atoms with Crippen molar-refractivity contribution < 1.29 is 28.7 Å². The van der Waals surface area contributed by atoms with Crippen LogP contribution >= 0.6 is 0 Å². The van der Waals surface area contributed by atoms with Gasteiger partial charge in [-0.3, -0.25) is 34.3 Å². The average Bonchev–Trinajstić information content (AvgIpc) is 3.25. The lowest BCUT2D eigenvalue weighted by atomic mass is 10.0. The van der Waals surface area contributed by atoms with Crippen LogP contribution in [-0.2, 0) is 20.9 Å². The molecule has 0 aliphatic carbocycles. The lowest BCUT2D eigenvalue weighted by Gasteiger charge is -2.43. The van der Waals surface area contributed by atoms with E-state index in [1.807, 2.05) is 36.4 Å². The number of imide groups is 2. The number of piperazine rings is 1. The number of piperidine rings is 2. The number of rotatable bonds is 5. The maximum absolute atomic E-state index is 13.2. The van der Waals surface area contributed by atoms with Gasteiger partial charge in [0.1, 0.15) is 12.6 Å². The zero-order valence-electron chi connectivity index (χ0n) is 22.8. The molecule has 0 saturated carbocycles. The Hall–Kier alpha value is -4.25. The van der Waals surface area contributed by atoms with Crippen molar-refractivity contribution in [2.24, 2.45) is 0 Å². The highest BCUT2D eigenvalue weighted by Gasteiger charge is 2.44. The molecule has 1 N–H and O–H groups in total. The van der Waals surface area contributed by atoms with E-state index in [-0.39, 0.29) is 31.1 Å². The molecule has 1 unspecified atom stereocenters. The number of hydrogen-bond acceptors (Lipinski definition) is 8. The van der Waals surface area contributed by atoms with Crippen LogP contribution in [0.25, 0.3) is 0 Å². The van der Waals surface area contributed by atoms with Gasteiger partial charge in [-0.1, -0.05) is 30.3 Å². The molecule has 11 nitrogen and oxygen atoms in total. The number of carbonyl (C=O) groups is 5. The van der Waals surface area contributed by atoms with Crippen LogP contribution in [0.2, 0.25) is 0 Å². The third kappa shape index (κ3) is 5.41. The quantitative estimate of drug-likeness (QED) is 0.553. The number of anilines is 1. The molecule has 2 aromatic carbocycles. The van der Waals surface area contributed by atoms with E-state index in [0.717, 1.165) is 55.2 Å². The number of nitrogens with zero attached hydrogens (tertiary/aromatic N) is 4. The summed E-state index contributed by atoms with van der Waals surface area (Å²) >= 11 is 0. The molecule has 6 rings (SSSR count). The molecular weight excluding hydrogens is 526 g/mol. The molecule has 1 atom stereocenters. The van der Waals surface area contributed by atoms with Crippen molar-refractivity contribution in [3.63, 3.8) is 0 Å². The van der Waals surface area contributed by atoms with Crippen molar-refractivity contribution in [1.29, 1.82) is 0 Å². The Kier molecular flexibility index (Phi) is 7.44. The standard InChI is InChI=1S/C30H33N5O6/c36-26-9-8-25(27(37)31-26)35-28(38)23-7-6-22(18-24(23)29(35)39)33-16-14-32(15-17-33)21-10-12-34(13-11-21)30(40)41-19-20-4-2-1-3-5-20/h1-7,18,21,25H,8-17,19H2,(H,31,36,37). The molecule has 0 bridgehead atoms. The number of ether oxygens (including phenoxy) is 1. The van der Waals surface area contributed by atoms with E-state index in [4.69, 9.17) is 4.74 Å². The number of benzene rings is 2. The van der Waals surface area contributed by atoms with Crippen LogP contribution in [0.4, 0.5) is 10.5 Å². The minimum absolute atomic E-state index is 0.0940. The number of nitrogens with one attached hydrogen (secondary N) is 1. The van der Waals surface area contributed by atoms with Gasteiger partial charge in [0, 0.05) is 57.4 Å². The van der Waals surface area contributed by atoms with Crippen molar-refractivity contribution in [2.75, 3.05) is 44.2 Å². The van der Waals surface area contributed by atoms with Crippen molar-refractivity contribution in [2.45, 2.75) is 44.4 Å². The predicted molar refractivity (Wildman–Crippen MR) is 148 cm³/mol. The van der Waals surface area contributed by atoms with Crippen molar-refractivity contribution in [3.8, 4) is 0 Å². The van der Waals surface area contributed by atoms with E-state index >= 15 is 0 Å². The molecule has 4 aliphatic heterocycles. The van der Waals surface area contributed by atoms with E-state index in [2.05, 4.69) is 15.1 Å². The van der Waals surface area contributed by atoms with E-state index in [0.29, 0.717) is 24.7 Å². The predicted octanol–water partition coefficient (Wildman–Crippen LogP) is 2.01. The van der Waals surface area contributed by atoms with Gasteiger partial charge in [-0.15, -0.1) is 0 Å². The van der Waals surface area contributed by atoms with Crippen LogP contribution in [0.15, 0.2) is 48.5 Å². The number of hydrogen-bond donors (Lipinski definition) is 1. The Labute approximate surface area is 238 Å². The van der Waals surface area contributed by atoms with Crippen molar-refractivity contribution in [3.05, 3.63) is 65.2 Å². The van der Waals surface area contributed by atoms with Crippen molar-refractivity contribution >= 4 is 35.4 Å². The second-order valence-electron chi connectivity index (χ2n) is 11.0. The summed E-state index contributed by atoms with van der Waals surface area (Å²) in [4.78, 5) is 70.0. The fourth-order valence-corrected chi connectivity index (χ4v) is 6.23. The minimum atomic E-state index is -0.968. The number of fused-ring (bicyclic) bond motifs is 1. The van der Waals surface area contributed by atoms with Crippen LogP contribution in [-0.4, -0.2) is 95.8 Å². The third-order valence-electron chi connectivity index (χ3n) is 8.55. The molecule has 0 radical (unpaired) electrons. The lowest BCUT2D eigenvalue weighted by Crippen LogP contribution is -2.54. The molecule has 3 fully saturated rings. The first-order valence-electron chi connectivity index (χ1n) is 14.2. The summed E-state index contributed by atoms with van der Waals surface area (Å²) < 4.78 is 5.49. The van der Waals surface area contributed by atoms with E-state index in [1.165, 1.54) is 0 Å². The number of carbonyl (C=O) groups excluding carboxylic acids is 5. The zero-order chi connectivity index (χ0) is 28.5. The molecule has 41 heavy (non-hydrogen) atoms. The van der Waals surface area contributed by atoms with Crippen LogP contribution in [0.3, 0.4) is 0 Å². The molecule has 5 amide bonds. The van der Waals surface area contributed by atoms with Crippen LogP contribution in [0.5, 0.6) is 0 Å². The highest BCUT2D eigenvalue weighted by Crippen LogP contribution is 2.31. The Bertz CT molecular complexity index is 1360. The summed E-state index contributed by atoms with van der Waals surface area (Å²) in [5.74, 6) is -1.99. The van der Waals surface area contributed by atoms with E-state index in [1.54, 1.807) is 17.0 Å². The second kappa shape index (κ2) is 11.3. The van der Waals surface area contributed by atoms with E-state index in [9.17, 15) is 24.0 Å². The Balaban J connectivity index is 1.01. The highest BCUT2D eigenvalue weighted by molar-refractivity contribution is 6.23. The fourth-order valence-electron chi connectivity index (χ4n) is 6.23. The maximum Gasteiger partial charge on any atom is 0.410 e. The third-order valence-corrected chi connectivity index (χ3v) is 8.55. The summed E-state index contributed by atoms with van der Waals surface area (Å²) in [7, 11) is 0. The van der Waals surface area contributed by atoms with Crippen LogP contribution < -0.4 is 10.2 Å². The van der Waals surface area contributed by atoms with Gasteiger partial charge < -0.3 is 14.5 Å². The first kappa shape index (κ1) is 26.9. The van der Waals surface area contributed by atoms with Gasteiger partial charge in [0.2, 0.25) is 11.8 Å². The van der Waals surface area contributed by atoms with Crippen LogP contribution in [0.1, 0.15) is 52.0 Å². The molecule has 3 saturated heterocycles. The molecular formula is C30H33N5O6. The molecule has 0 aromatic heterocycles. The highest BCUT2D eigenvalue weighted by atomic mass is 16.6. The molecule has 0 spiro atoms. The normalized spacial score (nSPS) is 22.1. The van der Waals surface area contributed by atoms with Gasteiger partial charge >= 0.3 is 6.09 Å². The largest absolute Gasteiger partial charge is 0.445 e. The molecule has 4 aliphatic rings. The van der Waals surface area contributed by atoms with Crippen molar-refractivity contribution in [1.82, 2.24) is 20.0 Å². The Morgan fingerprint density at radius 2 is 1.54 bits per heavy atom. The van der Waals surface area contributed by atoms with Gasteiger partial charge in [-0.05, 0) is 43.0 Å².